The van der Waals surface area contributed by atoms with E-state index in [1.807, 2.05) is 4.90 Å². The molecule has 42 heavy (non-hydrogen) atoms. The highest BCUT2D eigenvalue weighted by atomic mass is 32.3. The molecule has 3 aliphatic heterocycles. The SMILES string of the molecule is CC(C)(C)OC(=O)N1CC[C@@H](NC(=O)[C@@H]2CC[C@@H]3CN2C(=O)N3OS(=O)(=O)[O-])C1.CCCC[NH+](CCCC)CCCC. The Hall–Kier alpha value is -2.16. The summed E-state index contributed by atoms with van der Waals surface area (Å²) in [7, 11) is -5.08. The number of nitrogens with zero attached hydrogens (tertiary/aromatic N) is 3. The van der Waals surface area contributed by atoms with E-state index < -0.39 is 40.2 Å². The number of piperidine rings is 1. The number of carbonyl (C=O) groups is 3. The van der Waals surface area contributed by atoms with E-state index in [2.05, 4.69) is 30.4 Å². The number of ether oxygens (including phenoxy) is 1. The van der Waals surface area contributed by atoms with Crippen LogP contribution in [0.2, 0.25) is 0 Å². The smallest absolute Gasteiger partial charge is 0.410 e. The van der Waals surface area contributed by atoms with E-state index in [1.54, 1.807) is 20.8 Å². The second kappa shape index (κ2) is 16.6. The minimum Gasteiger partial charge on any atom is -0.724 e. The summed E-state index contributed by atoms with van der Waals surface area (Å²) in [5, 5.41) is 3.38. The van der Waals surface area contributed by atoms with Crippen LogP contribution in [0.4, 0.5) is 9.59 Å². The van der Waals surface area contributed by atoms with E-state index in [-0.39, 0.29) is 18.5 Å². The summed E-state index contributed by atoms with van der Waals surface area (Å²) in [4.78, 5) is 41.8. The molecule has 0 aromatic rings. The standard InChI is InChI=1S/C16H26N4O8S.C12H27N/c1-16(2,3)27-15(23)18-7-6-10(8-18)17-13(21)12-5-4-11-9-19(12)14(22)20(11)28-29(24,25)26;1-4-7-10-13(11-8-5-2)12-9-6-3/h10-12H,4-9H2,1-3H3,(H,17,21)(H,24,25,26);4-12H2,1-3H3/t10-,11-,12+;/m1./s1. The Labute approximate surface area is 252 Å². The van der Waals surface area contributed by atoms with Crippen molar-refractivity contribution in [3.05, 3.63) is 0 Å². The molecule has 3 rings (SSSR count). The van der Waals surface area contributed by atoms with Gasteiger partial charge in [0, 0.05) is 25.7 Å². The lowest BCUT2D eigenvalue weighted by atomic mass is 10.00. The van der Waals surface area contributed by atoms with Crippen molar-refractivity contribution in [2.75, 3.05) is 39.3 Å². The molecule has 0 aromatic carbocycles. The summed E-state index contributed by atoms with van der Waals surface area (Å²) in [5.41, 5.74) is -0.612. The number of unbranched alkanes of at least 4 members (excludes halogenated alkanes) is 3. The summed E-state index contributed by atoms with van der Waals surface area (Å²) in [6, 6.07) is -2.49. The first-order valence-electron chi connectivity index (χ1n) is 15.6. The van der Waals surface area contributed by atoms with Crippen LogP contribution in [0.25, 0.3) is 0 Å². The molecule has 3 atom stereocenters. The Kier molecular flexibility index (Phi) is 14.3. The van der Waals surface area contributed by atoms with Crippen molar-refractivity contribution in [3.8, 4) is 0 Å². The van der Waals surface area contributed by atoms with E-state index in [0.29, 0.717) is 37.4 Å². The largest absolute Gasteiger partial charge is 0.724 e. The maximum Gasteiger partial charge on any atom is 0.410 e. The number of urea groups is 1. The van der Waals surface area contributed by atoms with Crippen LogP contribution in [0, 0.1) is 0 Å². The van der Waals surface area contributed by atoms with Gasteiger partial charge < -0.3 is 29.3 Å². The highest BCUT2D eigenvalue weighted by Gasteiger charge is 2.49. The fourth-order valence-corrected chi connectivity index (χ4v) is 5.81. The van der Waals surface area contributed by atoms with Crippen LogP contribution in [-0.2, 0) is 24.2 Å². The van der Waals surface area contributed by atoms with Gasteiger partial charge >= 0.3 is 12.1 Å². The Morgan fingerprint density at radius 1 is 0.976 bits per heavy atom. The molecular weight excluding hydrogens is 566 g/mol. The van der Waals surface area contributed by atoms with Gasteiger partial charge in [-0.05, 0) is 59.3 Å². The molecule has 4 amide bonds. The van der Waals surface area contributed by atoms with Crippen molar-refractivity contribution in [2.24, 2.45) is 0 Å². The minimum atomic E-state index is -5.08. The Morgan fingerprint density at radius 3 is 2.05 bits per heavy atom. The van der Waals surface area contributed by atoms with E-state index in [1.165, 1.54) is 68.0 Å². The normalized spacial score (nSPS) is 22.3. The van der Waals surface area contributed by atoms with Crippen LogP contribution in [-0.4, -0.2) is 109 Å². The number of carbonyl (C=O) groups excluding carboxylic acids is 3. The Morgan fingerprint density at radius 2 is 1.55 bits per heavy atom. The predicted octanol–water partition coefficient (Wildman–Crippen LogP) is 2.04. The number of hydrogen-bond acceptors (Lipinski definition) is 8. The summed E-state index contributed by atoms with van der Waals surface area (Å²) >= 11 is 0. The van der Waals surface area contributed by atoms with Crippen LogP contribution in [0.1, 0.15) is 99.3 Å². The van der Waals surface area contributed by atoms with E-state index in [9.17, 15) is 27.4 Å². The molecule has 0 radical (unpaired) electrons. The average molecular weight is 620 g/mol. The number of hydroxylamine groups is 2. The fraction of sp³-hybridized carbons (Fsp3) is 0.893. The maximum atomic E-state index is 12.7. The number of fused-ring (bicyclic) bond motifs is 2. The van der Waals surface area contributed by atoms with Crippen LogP contribution in [0.15, 0.2) is 0 Å². The number of quaternary nitrogens is 1. The number of hydrogen-bond donors (Lipinski definition) is 2. The van der Waals surface area contributed by atoms with E-state index >= 15 is 0 Å². The second-order valence-electron chi connectivity index (χ2n) is 12.5. The lowest BCUT2D eigenvalue weighted by molar-refractivity contribution is -0.900. The zero-order valence-corrected chi connectivity index (χ0v) is 27.2. The molecule has 2 N–H and O–H groups in total. The van der Waals surface area contributed by atoms with Gasteiger partial charge in [0.25, 0.3) is 0 Å². The van der Waals surface area contributed by atoms with Gasteiger partial charge in [-0.3, -0.25) is 4.79 Å². The minimum absolute atomic E-state index is 0.0984. The number of amides is 4. The van der Waals surface area contributed by atoms with Gasteiger partial charge in [0.15, 0.2) is 0 Å². The van der Waals surface area contributed by atoms with E-state index in [0.717, 1.165) is 0 Å². The van der Waals surface area contributed by atoms with Crippen LogP contribution >= 0.6 is 0 Å². The molecule has 0 saturated carbocycles. The Balaban J connectivity index is 0.000000401. The molecule has 3 heterocycles. The summed E-state index contributed by atoms with van der Waals surface area (Å²) in [6.07, 6.45) is 9.00. The fourth-order valence-electron chi connectivity index (χ4n) is 5.42. The van der Waals surface area contributed by atoms with Crippen molar-refractivity contribution in [3.63, 3.8) is 0 Å². The highest BCUT2D eigenvalue weighted by Crippen LogP contribution is 2.31. The van der Waals surface area contributed by atoms with E-state index in [4.69, 9.17) is 4.74 Å². The first-order chi connectivity index (χ1) is 19.7. The number of nitrogens with one attached hydrogen (secondary N) is 2. The third kappa shape index (κ3) is 11.8. The lowest BCUT2D eigenvalue weighted by Gasteiger charge is -2.30. The molecule has 0 aliphatic carbocycles. The zero-order chi connectivity index (χ0) is 31.5. The quantitative estimate of drug-likeness (QED) is 0.235. The van der Waals surface area contributed by atoms with Crippen molar-refractivity contribution in [2.45, 2.75) is 123 Å². The molecule has 14 heteroatoms. The van der Waals surface area contributed by atoms with Gasteiger partial charge in [-0.2, -0.15) is 9.35 Å². The van der Waals surface area contributed by atoms with Crippen molar-refractivity contribution >= 4 is 28.4 Å². The first kappa shape index (κ1) is 36.0. The first-order valence-corrected chi connectivity index (χ1v) is 16.9. The summed E-state index contributed by atoms with van der Waals surface area (Å²) in [5.74, 6) is -0.389. The molecule has 3 saturated heterocycles. The predicted molar refractivity (Wildman–Crippen MR) is 156 cm³/mol. The number of likely N-dealkylation sites (tertiary alicyclic amines) is 1. The third-order valence-electron chi connectivity index (χ3n) is 7.64. The van der Waals surface area contributed by atoms with Gasteiger partial charge in [-0.15, -0.1) is 0 Å². The van der Waals surface area contributed by atoms with Gasteiger partial charge in [0.2, 0.25) is 16.3 Å². The monoisotopic (exact) mass is 619 g/mol. The third-order valence-corrected chi connectivity index (χ3v) is 7.98. The van der Waals surface area contributed by atoms with Crippen molar-refractivity contribution in [1.82, 2.24) is 20.2 Å². The van der Waals surface area contributed by atoms with Gasteiger partial charge in [0.1, 0.15) is 11.6 Å². The van der Waals surface area contributed by atoms with Crippen molar-refractivity contribution < 1.29 is 41.3 Å². The molecule has 244 valence electrons. The molecular formula is C28H53N5O8S. The van der Waals surface area contributed by atoms with Crippen LogP contribution < -0.4 is 10.2 Å². The number of rotatable bonds is 13. The summed E-state index contributed by atoms with van der Waals surface area (Å²) in [6.45, 7) is 17.2. The molecule has 0 spiro atoms. The molecule has 0 aromatic heterocycles. The van der Waals surface area contributed by atoms with Gasteiger partial charge in [0.05, 0.1) is 25.7 Å². The zero-order valence-electron chi connectivity index (χ0n) is 26.4. The van der Waals surface area contributed by atoms with Gasteiger partial charge in [-0.25, -0.2) is 18.0 Å². The van der Waals surface area contributed by atoms with Gasteiger partial charge in [-0.1, -0.05) is 40.0 Å². The average Bonchev–Trinajstić information content (AvgIpc) is 3.46. The molecule has 13 nitrogen and oxygen atoms in total. The van der Waals surface area contributed by atoms with Crippen molar-refractivity contribution in [1.29, 1.82) is 0 Å². The van der Waals surface area contributed by atoms with Crippen LogP contribution in [0.5, 0.6) is 0 Å². The summed E-state index contributed by atoms with van der Waals surface area (Å²) < 4.78 is 42.0. The van der Waals surface area contributed by atoms with Crippen LogP contribution in [0.3, 0.4) is 0 Å². The topological polar surface area (TPSA) is 153 Å². The molecule has 3 fully saturated rings. The molecule has 3 aliphatic rings. The lowest BCUT2D eigenvalue weighted by Crippen LogP contribution is -3.12. The maximum absolute atomic E-state index is 12.7. The molecule has 0 unspecified atom stereocenters. The molecule has 2 bridgehead atoms. The Bertz CT molecular complexity index is 970. The highest BCUT2D eigenvalue weighted by molar-refractivity contribution is 7.80. The second-order valence-corrected chi connectivity index (χ2v) is 13.4.